The van der Waals surface area contributed by atoms with Gasteiger partial charge in [-0.2, -0.15) is 0 Å². The molecule has 0 saturated carbocycles. The van der Waals surface area contributed by atoms with E-state index in [0.29, 0.717) is 47.9 Å². The molecule has 0 aliphatic carbocycles. The summed E-state index contributed by atoms with van der Waals surface area (Å²) in [6, 6.07) is 29.0. The van der Waals surface area contributed by atoms with Crippen molar-refractivity contribution >= 4 is 104 Å². The monoisotopic (exact) mass is 1650 g/mol. The number of aromatic hydroxyl groups is 2. The molecule has 0 aromatic heterocycles. The molecule has 0 radical (unpaired) electrons. The van der Waals surface area contributed by atoms with Crippen LogP contribution in [0.5, 0.6) is 11.5 Å². The Hall–Kier alpha value is -12.4. The van der Waals surface area contributed by atoms with E-state index >= 15 is 0 Å². The molecular weight excluding hydrogens is 1530 g/mol. The number of phenols is 2. The molecule has 2 fully saturated rings. The number of benzene rings is 6. The lowest BCUT2D eigenvalue weighted by atomic mass is 10.00. The summed E-state index contributed by atoms with van der Waals surface area (Å²) in [6.45, 7) is -0.507. The lowest BCUT2D eigenvalue weighted by molar-refractivity contribution is -0.142. The van der Waals surface area contributed by atoms with E-state index in [9.17, 15) is 67.7 Å². The summed E-state index contributed by atoms with van der Waals surface area (Å²) in [5, 5.41) is 51.8. The third-order valence-corrected chi connectivity index (χ3v) is 21.5. The molecule has 32 heteroatoms. The van der Waals surface area contributed by atoms with Gasteiger partial charge in [-0.25, -0.2) is 0 Å². The van der Waals surface area contributed by atoms with Gasteiger partial charge in [0.2, 0.25) is 70.9 Å². The molecule has 2 saturated heterocycles. The van der Waals surface area contributed by atoms with Crippen LogP contribution in [-0.2, 0) is 83.2 Å². The minimum absolute atomic E-state index is 0.0109. The van der Waals surface area contributed by atoms with Crippen molar-refractivity contribution in [2.45, 2.75) is 215 Å². The Labute approximate surface area is 700 Å². The average molecular weight is 1650 g/mol. The Bertz CT molecular complexity index is 4220. The van der Waals surface area contributed by atoms with Crippen molar-refractivity contribution in [3.63, 3.8) is 0 Å². The van der Waals surface area contributed by atoms with E-state index in [1.807, 2.05) is 84.9 Å². The quantitative estimate of drug-likeness (QED) is 0.0148. The summed E-state index contributed by atoms with van der Waals surface area (Å²) in [7, 11) is 2.86. The minimum Gasteiger partial charge on any atom is -0.508 e. The number of likely N-dealkylation sites (N-methyl/N-ethyl adjacent to an activating group) is 2. The van der Waals surface area contributed by atoms with Crippen molar-refractivity contribution in [1.82, 2.24) is 63.0 Å². The van der Waals surface area contributed by atoms with Gasteiger partial charge in [0.05, 0.1) is 13.1 Å². The molecule has 646 valence electrons. The molecule has 20 N–H and O–H groups in total. The van der Waals surface area contributed by atoms with Crippen LogP contribution in [0.1, 0.15) is 164 Å². The van der Waals surface area contributed by atoms with E-state index in [4.69, 9.17) is 22.9 Å². The number of hydrogen-bond acceptors (Lipinski definition) is 16. The van der Waals surface area contributed by atoms with Crippen molar-refractivity contribution in [2.75, 3.05) is 53.4 Å². The van der Waals surface area contributed by atoms with Gasteiger partial charge < -0.3 is 96.1 Å². The Morgan fingerprint density at radius 3 is 1.05 bits per heavy atom. The van der Waals surface area contributed by atoms with Crippen LogP contribution in [0.25, 0.3) is 21.5 Å². The molecule has 2 heterocycles. The first-order valence-corrected chi connectivity index (χ1v) is 41.8. The molecule has 120 heavy (non-hydrogen) atoms. The van der Waals surface area contributed by atoms with Crippen LogP contribution in [0, 0.1) is 0 Å². The zero-order valence-corrected chi connectivity index (χ0v) is 68.8. The largest absolute Gasteiger partial charge is 0.508 e. The van der Waals surface area contributed by atoms with Crippen LogP contribution in [-0.4, -0.2) is 205 Å². The predicted octanol–water partition coefficient (Wildman–Crippen LogP) is 3.86. The van der Waals surface area contributed by atoms with E-state index in [0.717, 1.165) is 85.8 Å². The molecule has 32 nitrogen and oxygen atoms in total. The van der Waals surface area contributed by atoms with Crippen LogP contribution in [0.4, 0.5) is 0 Å². The lowest BCUT2D eigenvalue weighted by Crippen LogP contribution is -2.58. The van der Waals surface area contributed by atoms with Gasteiger partial charge in [0.15, 0.2) is 11.9 Å². The maximum atomic E-state index is 14.7. The first kappa shape index (κ1) is 93.1. The van der Waals surface area contributed by atoms with Crippen molar-refractivity contribution < 1.29 is 67.7 Å². The molecule has 6 aromatic rings. The molecular formula is C88H120N18O14. The summed E-state index contributed by atoms with van der Waals surface area (Å²) < 4.78 is 0. The molecule has 0 bridgehead atoms. The van der Waals surface area contributed by atoms with Gasteiger partial charge >= 0.3 is 0 Å². The maximum Gasteiger partial charge on any atom is 0.245 e. The summed E-state index contributed by atoms with van der Waals surface area (Å²) in [6.07, 6.45) is 13.0. The summed E-state index contributed by atoms with van der Waals surface area (Å²) in [5.41, 5.74) is 25.0. The number of hydrogen-bond donors (Lipinski definition) is 16. The van der Waals surface area contributed by atoms with E-state index in [-0.39, 0.29) is 138 Å². The first-order chi connectivity index (χ1) is 57.8. The standard InChI is InChI=1S/C88H120N18O14/c1-105-73(83(117)101-67(27-19-47-95-87(89)90)81(115)103-69(53-59-33-39-61-23-15-17-25-63(61)49-59)79(113)97-55-77(111)99-71(85(105)119)51-57-35-41-65(107)42-36-57)29-21-45-93-75(109)31-13-11-9-7-5-3-4-6-8-10-12-14-32-76(110)94-46-22-30-74-84(118)102-68(28-20-48-96-88(91)92)82(116)104-70(54-60-34-40-62-24-16-18-26-64(62)50-60)80(114)98-56-78(112)100-72(86(120)106(74)2)52-58-37-43-66(108)44-38-58/h15-18,23-26,33-44,49-50,67-74,107-108H,3-14,19-22,27-32,45-48,51-56H2,1-2H3,(H,93,109)(H,94,110)(H,97,113)(H,98,114)(H,99,111)(H,100,112)(H,101,117)(H,102,118)(H,103,115)(H,104,116)(H4,89,90,95)(H4,91,92,96)/t67-,68-,69-,70-,71+,72+,73+,74+/m0/s1. The minimum atomic E-state index is -1.24. The fraction of sp³-hybridized carbons (Fsp3) is 0.477. The Balaban J connectivity index is 0.760. The fourth-order valence-corrected chi connectivity index (χ4v) is 14.8. The van der Waals surface area contributed by atoms with Gasteiger partial charge in [-0.15, -0.1) is 0 Å². The number of nitrogens with one attached hydrogen (secondary N) is 10. The zero-order chi connectivity index (χ0) is 86.3. The van der Waals surface area contributed by atoms with Crippen LogP contribution < -0.4 is 76.1 Å². The number of nitrogens with two attached hydrogens (primary N) is 4. The van der Waals surface area contributed by atoms with Crippen LogP contribution in [0.15, 0.2) is 143 Å². The topological polar surface area (TPSA) is 501 Å². The zero-order valence-electron chi connectivity index (χ0n) is 68.8. The third-order valence-electron chi connectivity index (χ3n) is 21.5. The highest BCUT2D eigenvalue weighted by Crippen LogP contribution is 2.23. The SMILES string of the molecule is CN1C(=O)[C@@H](Cc2ccc(O)cc2)NC(=O)CNC(=O)[C@H](Cc2ccc3ccccc3c2)NC(=O)[C@H](CCCN=C(N)N)NC(=O)[C@H]1CCCNC(=O)CCCCCCCCCCCCCCC(=O)NCCC[C@@H]1C(=O)N[C@@H](CCCN=C(N)N)C(=O)N[C@@H](Cc2ccc3ccccc3c2)C(=O)NCC(=O)N[C@H](Cc2ccc(O)cc2)C(=O)N1C. The Kier molecular flexibility index (Phi) is 38.1. The average Bonchev–Trinajstić information content (AvgIpc) is 1.35. The van der Waals surface area contributed by atoms with Crippen molar-refractivity contribution in [1.29, 1.82) is 0 Å². The second-order valence-corrected chi connectivity index (χ2v) is 31.0. The molecule has 12 amide bonds. The highest BCUT2D eigenvalue weighted by molar-refractivity contribution is 5.99. The number of unbranched alkanes of at least 4 members (excludes halogenated alkanes) is 11. The molecule has 8 atom stereocenters. The van der Waals surface area contributed by atoms with E-state index in [2.05, 4.69) is 63.2 Å². The smallest absolute Gasteiger partial charge is 0.245 e. The van der Waals surface area contributed by atoms with Gasteiger partial charge in [0.25, 0.3) is 0 Å². The fourth-order valence-electron chi connectivity index (χ4n) is 14.8. The third kappa shape index (κ3) is 31.8. The second kappa shape index (κ2) is 49.1. The van der Waals surface area contributed by atoms with Gasteiger partial charge in [0, 0.05) is 78.8 Å². The Morgan fingerprint density at radius 1 is 0.367 bits per heavy atom. The van der Waals surface area contributed by atoms with Crippen LogP contribution in [0.2, 0.25) is 0 Å². The number of phenolic OH excluding ortho intramolecular Hbond substituents is 2. The molecule has 2 aliphatic rings. The molecule has 8 rings (SSSR count). The molecule has 0 unspecified atom stereocenters. The number of rotatable bonds is 39. The van der Waals surface area contributed by atoms with Gasteiger partial charge in [-0.1, -0.05) is 173 Å². The van der Waals surface area contributed by atoms with Gasteiger partial charge in [-0.05, 0) is 132 Å². The predicted molar refractivity (Wildman–Crippen MR) is 459 cm³/mol. The molecule has 6 aromatic carbocycles. The second-order valence-electron chi connectivity index (χ2n) is 31.0. The number of nitrogens with zero attached hydrogens (tertiary/aromatic N) is 4. The first-order valence-electron chi connectivity index (χ1n) is 41.8. The number of guanidine groups is 2. The van der Waals surface area contributed by atoms with Crippen LogP contribution >= 0.6 is 0 Å². The number of fused-ring (bicyclic) bond motifs is 2. The number of carbonyl (C=O) groups is 12. The Morgan fingerprint density at radius 2 is 0.692 bits per heavy atom. The van der Waals surface area contributed by atoms with E-state index in [1.54, 1.807) is 24.3 Å². The van der Waals surface area contributed by atoms with Crippen molar-refractivity contribution in [3.8, 4) is 11.5 Å². The summed E-state index contributed by atoms with van der Waals surface area (Å²) >= 11 is 0. The molecule has 2 aliphatic heterocycles. The molecule has 0 spiro atoms. The van der Waals surface area contributed by atoms with Crippen LogP contribution in [0.3, 0.4) is 0 Å². The van der Waals surface area contributed by atoms with Crippen molar-refractivity contribution in [2.24, 2.45) is 32.9 Å². The number of carbonyl (C=O) groups excluding carboxylic acids is 12. The highest BCUT2D eigenvalue weighted by Gasteiger charge is 2.38. The highest BCUT2D eigenvalue weighted by atomic mass is 16.3. The summed E-state index contributed by atoms with van der Waals surface area (Å²) in [5.74, 6) is -7.48. The normalized spacial score (nSPS) is 19.4. The summed E-state index contributed by atoms with van der Waals surface area (Å²) in [4.78, 5) is 180. The van der Waals surface area contributed by atoms with E-state index < -0.39 is 120 Å². The lowest BCUT2D eigenvalue weighted by Gasteiger charge is -2.32. The van der Waals surface area contributed by atoms with Crippen molar-refractivity contribution in [3.05, 3.63) is 156 Å². The van der Waals surface area contributed by atoms with Gasteiger partial charge in [0.1, 0.15) is 59.8 Å². The maximum absolute atomic E-state index is 14.7. The number of amides is 12. The van der Waals surface area contributed by atoms with Gasteiger partial charge in [-0.3, -0.25) is 67.5 Å². The van der Waals surface area contributed by atoms with E-state index in [1.165, 1.54) is 48.2 Å². The number of aliphatic imine (C=N–C) groups is 2.